The van der Waals surface area contributed by atoms with Crippen molar-refractivity contribution in [2.45, 2.75) is 32.0 Å². The largest absolute Gasteiger partial charge is 0.466 e. The van der Waals surface area contributed by atoms with E-state index >= 15 is 0 Å². The highest BCUT2D eigenvalue weighted by Crippen LogP contribution is 2.51. The standard InChI is InChI=1S/C18H22Cl2N2O4S/c1-4-25-16(23)13-14-11-8-10(19)9-12(20)15(11)26-18(13,2)22(17(27)21-14)6-5-7-24-3/h8-9,13-14H,4-7H2,1-3H3,(H,21,27). The fourth-order valence-corrected chi connectivity index (χ4v) is 4.70. The van der Waals surface area contributed by atoms with Crippen molar-refractivity contribution in [2.75, 3.05) is 26.9 Å². The van der Waals surface area contributed by atoms with E-state index in [-0.39, 0.29) is 12.6 Å². The van der Waals surface area contributed by atoms with Crippen molar-refractivity contribution in [1.29, 1.82) is 0 Å². The molecule has 0 amide bonds. The summed E-state index contributed by atoms with van der Waals surface area (Å²) in [7, 11) is 1.64. The number of nitrogens with zero attached hydrogens (tertiary/aromatic N) is 1. The van der Waals surface area contributed by atoms with Gasteiger partial charge in [0.1, 0.15) is 11.7 Å². The molecule has 1 N–H and O–H groups in total. The number of carbonyl (C=O) groups is 1. The Bertz CT molecular complexity index is 763. The Hall–Kier alpha value is -1.28. The average Bonchev–Trinajstić information content (AvgIpc) is 2.59. The van der Waals surface area contributed by atoms with Crippen LogP contribution >= 0.6 is 35.4 Å². The maximum Gasteiger partial charge on any atom is 0.317 e. The van der Waals surface area contributed by atoms with Gasteiger partial charge in [0.05, 0.1) is 17.7 Å². The summed E-state index contributed by atoms with van der Waals surface area (Å²) in [4.78, 5) is 14.7. The van der Waals surface area contributed by atoms with E-state index < -0.39 is 17.7 Å². The highest BCUT2D eigenvalue weighted by molar-refractivity contribution is 7.80. The van der Waals surface area contributed by atoms with Crippen LogP contribution in [-0.4, -0.2) is 48.6 Å². The molecule has 3 unspecified atom stereocenters. The minimum atomic E-state index is -1.04. The van der Waals surface area contributed by atoms with Crippen molar-refractivity contribution in [1.82, 2.24) is 10.2 Å². The number of rotatable bonds is 6. The monoisotopic (exact) mass is 432 g/mol. The van der Waals surface area contributed by atoms with Gasteiger partial charge in [-0.25, -0.2) is 0 Å². The molecule has 2 aliphatic rings. The van der Waals surface area contributed by atoms with Crippen LogP contribution in [0, 0.1) is 5.92 Å². The number of nitrogens with one attached hydrogen (secondary N) is 1. The summed E-state index contributed by atoms with van der Waals surface area (Å²) in [6.07, 6.45) is 0.721. The topological polar surface area (TPSA) is 60.0 Å². The van der Waals surface area contributed by atoms with Crippen LogP contribution < -0.4 is 10.1 Å². The minimum Gasteiger partial charge on any atom is -0.466 e. The second-order valence-electron chi connectivity index (χ2n) is 6.62. The zero-order valence-electron chi connectivity index (χ0n) is 15.4. The van der Waals surface area contributed by atoms with Gasteiger partial charge < -0.3 is 24.4 Å². The Morgan fingerprint density at radius 2 is 2.19 bits per heavy atom. The van der Waals surface area contributed by atoms with E-state index in [1.807, 2.05) is 11.8 Å². The van der Waals surface area contributed by atoms with Crippen molar-refractivity contribution in [3.63, 3.8) is 0 Å². The lowest BCUT2D eigenvalue weighted by Crippen LogP contribution is -2.71. The zero-order chi connectivity index (χ0) is 19.8. The predicted molar refractivity (Wildman–Crippen MR) is 107 cm³/mol. The van der Waals surface area contributed by atoms with E-state index in [1.165, 1.54) is 0 Å². The molecule has 0 aromatic heterocycles. The Morgan fingerprint density at radius 1 is 1.44 bits per heavy atom. The van der Waals surface area contributed by atoms with Crippen molar-refractivity contribution in [3.05, 3.63) is 27.7 Å². The van der Waals surface area contributed by atoms with Gasteiger partial charge >= 0.3 is 5.97 Å². The molecule has 1 saturated heterocycles. The van der Waals surface area contributed by atoms with Crippen LogP contribution in [0.2, 0.25) is 10.0 Å². The molecule has 6 nitrogen and oxygen atoms in total. The van der Waals surface area contributed by atoms with E-state index in [1.54, 1.807) is 26.2 Å². The molecule has 0 saturated carbocycles. The van der Waals surface area contributed by atoms with Crippen molar-refractivity contribution < 1.29 is 19.0 Å². The maximum atomic E-state index is 12.9. The molecule has 2 aliphatic heterocycles. The number of esters is 1. The number of carbonyl (C=O) groups excluding carboxylic acids is 1. The Morgan fingerprint density at radius 3 is 2.85 bits per heavy atom. The summed E-state index contributed by atoms with van der Waals surface area (Å²) >= 11 is 18.2. The molecule has 9 heteroatoms. The molecule has 2 heterocycles. The fourth-order valence-electron chi connectivity index (χ4n) is 3.75. The summed E-state index contributed by atoms with van der Waals surface area (Å²) in [6.45, 7) is 5.01. The summed E-state index contributed by atoms with van der Waals surface area (Å²) in [6, 6.07) is 2.93. The van der Waals surface area contributed by atoms with Gasteiger partial charge in [0.15, 0.2) is 10.8 Å². The number of halogens is 2. The third-order valence-electron chi connectivity index (χ3n) is 4.92. The van der Waals surface area contributed by atoms with Gasteiger partial charge in [-0.15, -0.1) is 0 Å². The molecular weight excluding hydrogens is 411 g/mol. The highest BCUT2D eigenvalue weighted by Gasteiger charge is 2.59. The fraction of sp³-hybridized carbons (Fsp3) is 0.556. The SMILES string of the molecule is CCOC(=O)C1C2NC(=S)N(CCCOC)C1(C)Oc1c(Cl)cc(Cl)cc12. The lowest BCUT2D eigenvalue weighted by atomic mass is 9.79. The number of methoxy groups -OCH3 is 1. The van der Waals surface area contributed by atoms with Crippen molar-refractivity contribution in [3.8, 4) is 5.75 Å². The summed E-state index contributed by atoms with van der Waals surface area (Å²) in [5, 5.41) is 4.62. The van der Waals surface area contributed by atoms with Crippen molar-refractivity contribution in [2.24, 2.45) is 5.92 Å². The zero-order valence-corrected chi connectivity index (χ0v) is 17.7. The van der Waals surface area contributed by atoms with Gasteiger partial charge in [-0.1, -0.05) is 23.2 Å². The van der Waals surface area contributed by atoms with E-state index in [4.69, 9.17) is 49.6 Å². The number of thiocarbonyl (C=S) groups is 1. The van der Waals surface area contributed by atoms with Gasteiger partial charge in [0, 0.05) is 30.8 Å². The third-order valence-corrected chi connectivity index (χ3v) is 5.76. The molecule has 3 rings (SSSR count). The van der Waals surface area contributed by atoms with Gasteiger partial charge in [-0.05, 0) is 44.6 Å². The van der Waals surface area contributed by atoms with Crippen LogP contribution in [0.1, 0.15) is 31.9 Å². The molecular formula is C18H22Cl2N2O4S. The number of hydrogen-bond donors (Lipinski definition) is 1. The van der Waals surface area contributed by atoms with E-state index in [0.29, 0.717) is 39.6 Å². The second kappa shape index (κ2) is 7.99. The Labute approximate surface area is 174 Å². The molecule has 1 aromatic rings. The maximum absolute atomic E-state index is 12.9. The van der Waals surface area contributed by atoms with Gasteiger partial charge in [-0.2, -0.15) is 0 Å². The highest BCUT2D eigenvalue weighted by atomic mass is 35.5. The van der Waals surface area contributed by atoms with E-state index in [0.717, 1.165) is 6.42 Å². The average molecular weight is 433 g/mol. The number of fused-ring (bicyclic) bond motifs is 4. The van der Waals surface area contributed by atoms with Gasteiger partial charge in [-0.3, -0.25) is 4.79 Å². The first-order chi connectivity index (χ1) is 12.8. The normalized spacial score (nSPS) is 26.1. The molecule has 148 valence electrons. The summed E-state index contributed by atoms with van der Waals surface area (Å²) in [5.41, 5.74) is -0.348. The molecule has 0 aliphatic carbocycles. The number of hydrogen-bond acceptors (Lipinski definition) is 5. The first-order valence-corrected chi connectivity index (χ1v) is 9.91. The van der Waals surface area contributed by atoms with Gasteiger partial charge in [0.25, 0.3) is 0 Å². The molecule has 1 fully saturated rings. The quantitative estimate of drug-likeness (QED) is 0.418. The van der Waals surface area contributed by atoms with Crippen molar-refractivity contribution >= 4 is 46.5 Å². The van der Waals surface area contributed by atoms with Crippen LogP contribution in [0.5, 0.6) is 5.75 Å². The van der Waals surface area contributed by atoms with Crippen LogP contribution in [0.4, 0.5) is 0 Å². The van der Waals surface area contributed by atoms with Gasteiger partial charge in [0.2, 0.25) is 0 Å². The predicted octanol–water partition coefficient (Wildman–Crippen LogP) is 3.55. The van der Waals surface area contributed by atoms with Crippen LogP contribution in [0.3, 0.4) is 0 Å². The molecule has 2 bridgehead atoms. The minimum absolute atomic E-state index is 0.273. The van der Waals surface area contributed by atoms with Crippen LogP contribution in [0.25, 0.3) is 0 Å². The first kappa shape index (κ1) is 20.5. The lowest BCUT2D eigenvalue weighted by Gasteiger charge is -2.55. The van der Waals surface area contributed by atoms with Crippen LogP contribution in [-0.2, 0) is 14.3 Å². The molecule has 0 radical (unpaired) electrons. The molecule has 0 spiro atoms. The second-order valence-corrected chi connectivity index (χ2v) is 7.85. The van der Waals surface area contributed by atoms with Crippen LogP contribution in [0.15, 0.2) is 12.1 Å². The van der Waals surface area contributed by atoms with E-state index in [2.05, 4.69) is 5.32 Å². The molecule has 27 heavy (non-hydrogen) atoms. The molecule has 3 atom stereocenters. The lowest BCUT2D eigenvalue weighted by molar-refractivity contribution is -0.175. The number of ether oxygens (including phenoxy) is 3. The summed E-state index contributed by atoms with van der Waals surface area (Å²) < 4.78 is 16.8. The number of benzene rings is 1. The summed E-state index contributed by atoms with van der Waals surface area (Å²) in [5.74, 6) is -0.506. The smallest absolute Gasteiger partial charge is 0.317 e. The van der Waals surface area contributed by atoms with E-state index in [9.17, 15) is 4.79 Å². The molecule has 1 aromatic carbocycles. The Balaban J connectivity index is 2.09. The third kappa shape index (κ3) is 3.58. The Kier molecular flexibility index (Phi) is 6.05. The first-order valence-electron chi connectivity index (χ1n) is 8.75.